The van der Waals surface area contributed by atoms with E-state index in [0.717, 1.165) is 0 Å². The monoisotopic (exact) mass is 214 g/mol. The lowest BCUT2D eigenvalue weighted by molar-refractivity contribution is 0.325. The van der Waals surface area contributed by atoms with Crippen LogP contribution in [0.5, 0.6) is 17.2 Å². The van der Waals surface area contributed by atoms with Crippen molar-refractivity contribution in [2.75, 3.05) is 21.3 Å². The number of hydrogen-bond donors (Lipinski definition) is 0. The van der Waals surface area contributed by atoms with Crippen LogP contribution in [0.1, 0.15) is 0 Å². The van der Waals surface area contributed by atoms with E-state index in [-0.39, 0.29) is 8.46 Å². The molecule has 76 valence electrons. The molecule has 0 saturated heterocycles. The SMILES string of the molecule is COc1cc(P=O)cc(OC)c1OC. The van der Waals surface area contributed by atoms with Gasteiger partial charge in [0.25, 0.3) is 0 Å². The minimum Gasteiger partial charge on any atom is -0.493 e. The Bertz CT molecular complexity index is 313. The summed E-state index contributed by atoms with van der Waals surface area (Å²) >= 11 is 0. The number of hydrogen-bond acceptors (Lipinski definition) is 4. The van der Waals surface area contributed by atoms with Gasteiger partial charge in [0.15, 0.2) is 20.0 Å². The molecule has 0 unspecified atom stereocenters. The first-order valence-corrected chi connectivity index (χ1v) is 4.71. The molecule has 0 aliphatic rings. The Labute approximate surface area is 84.0 Å². The predicted octanol–water partition coefficient (Wildman–Crippen LogP) is 1.63. The van der Waals surface area contributed by atoms with Crippen molar-refractivity contribution >= 4 is 13.8 Å². The Balaban J connectivity index is 3.31. The molecule has 0 heterocycles. The standard InChI is InChI=1S/C9H11O4P/c1-11-7-4-6(14-10)5-8(12-2)9(7)13-3/h4-5H,1-3H3. The van der Waals surface area contributed by atoms with Gasteiger partial charge in [0.1, 0.15) is 0 Å². The first-order chi connectivity index (χ1) is 6.76. The minimum atomic E-state index is -0.0787. The first kappa shape index (κ1) is 10.8. The molecular formula is C9H11O4P. The lowest BCUT2D eigenvalue weighted by atomic mass is 10.3. The number of methoxy groups -OCH3 is 3. The average Bonchev–Trinajstić information content (AvgIpc) is 2.26. The van der Waals surface area contributed by atoms with Crippen molar-refractivity contribution in [2.24, 2.45) is 0 Å². The summed E-state index contributed by atoms with van der Waals surface area (Å²) in [7, 11) is 4.48. The second kappa shape index (κ2) is 4.82. The molecule has 0 fully saturated rings. The van der Waals surface area contributed by atoms with Crippen LogP contribution >= 0.6 is 8.46 Å². The van der Waals surface area contributed by atoms with Crippen LogP contribution in [0.25, 0.3) is 0 Å². The third-order valence-corrected chi connectivity index (χ3v) is 2.22. The summed E-state index contributed by atoms with van der Waals surface area (Å²) in [5.41, 5.74) is 0. The van der Waals surface area contributed by atoms with Crippen LogP contribution in [0.15, 0.2) is 12.1 Å². The number of ether oxygens (including phenoxy) is 3. The normalized spacial score (nSPS) is 9.93. The molecule has 0 atom stereocenters. The third-order valence-electron chi connectivity index (χ3n) is 1.75. The van der Waals surface area contributed by atoms with E-state index in [1.165, 1.54) is 21.3 Å². The first-order valence-electron chi connectivity index (χ1n) is 3.90. The largest absolute Gasteiger partial charge is 0.493 e. The topological polar surface area (TPSA) is 44.8 Å². The molecule has 0 aromatic heterocycles. The van der Waals surface area contributed by atoms with E-state index in [4.69, 9.17) is 14.2 Å². The molecule has 0 aliphatic carbocycles. The molecule has 1 aromatic carbocycles. The van der Waals surface area contributed by atoms with E-state index in [1.807, 2.05) is 0 Å². The van der Waals surface area contributed by atoms with Gasteiger partial charge in [-0.2, -0.15) is 0 Å². The molecule has 1 rings (SSSR count). The quantitative estimate of drug-likeness (QED) is 0.714. The predicted molar refractivity (Wildman–Crippen MR) is 53.3 cm³/mol. The molecule has 0 saturated carbocycles. The van der Waals surface area contributed by atoms with Crippen LogP contribution in [-0.4, -0.2) is 21.3 Å². The van der Waals surface area contributed by atoms with Crippen LogP contribution < -0.4 is 19.5 Å². The summed E-state index contributed by atoms with van der Waals surface area (Å²) in [6, 6.07) is 3.27. The van der Waals surface area contributed by atoms with Crippen molar-refractivity contribution < 1.29 is 18.8 Å². The van der Waals surface area contributed by atoms with Crippen molar-refractivity contribution in [1.29, 1.82) is 0 Å². The summed E-state index contributed by atoms with van der Waals surface area (Å²) in [4.78, 5) is 0. The van der Waals surface area contributed by atoms with E-state index in [2.05, 4.69) is 0 Å². The van der Waals surface area contributed by atoms with Gasteiger partial charge in [-0.3, -0.25) is 4.57 Å². The molecule has 0 bridgehead atoms. The lowest BCUT2D eigenvalue weighted by Gasteiger charge is -2.11. The highest BCUT2D eigenvalue weighted by Crippen LogP contribution is 2.36. The van der Waals surface area contributed by atoms with Gasteiger partial charge in [0.05, 0.1) is 26.6 Å². The highest BCUT2D eigenvalue weighted by Gasteiger charge is 2.12. The summed E-state index contributed by atoms with van der Waals surface area (Å²) < 4.78 is 25.9. The van der Waals surface area contributed by atoms with Crippen molar-refractivity contribution in [3.05, 3.63) is 12.1 Å². The Morgan fingerprint density at radius 1 is 1.00 bits per heavy atom. The molecule has 0 amide bonds. The van der Waals surface area contributed by atoms with Gasteiger partial charge in [-0.1, -0.05) is 0 Å². The van der Waals surface area contributed by atoms with Crippen molar-refractivity contribution in [3.63, 3.8) is 0 Å². The summed E-state index contributed by atoms with van der Waals surface area (Å²) in [5.74, 6) is 1.51. The highest BCUT2D eigenvalue weighted by molar-refractivity contribution is 7.34. The Morgan fingerprint density at radius 3 is 1.79 bits per heavy atom. The maximum absolute atomic E-state index is 10.7. The molecule has 0 aliphatic heterocycles. The molecular weight excluding hydrogens is 203 g/mol. The van der Waals surface area contributed by atoms with Gasteiger partial charge in [-0.05, 0) is 12.1 Å². The minimum absolute atomic E-state index is 0.0787. The molecule has 0 radical (unpaired) electrons. The van der Waals surface area contributed by atoms with Crippen LogP contribution in [0.4, 0.5) is 0 Å². The van der Waals surface area contributed by atoms with Gasteiger partial charge in [0.2, 0.25) is 5.75 Å². The second-order valence-corrected chi connectivity index (χ2v) is 3.17. The van der Waals surface area contributed by atoms with E-state index >= 15 is 0 Å². The average molecular weight is 214 g/mol. The van der Waals surface area contributed by atoms with Crippen LogP contribution in [0.2, 0.25) is 0 Å². The van der Waals surface area contributed by atoms with Gasteiger partial charge >= 0.3 is 0 Å². The van der Waals surface area contributed by atoms with Crippen molar-refractivity contribution in [1.82, 2.24) is 0 Å². The fraction of sp³-hybridized carbons (Fsp3) is 0.333. The Hall–Kier alpha value is -1.28. The molecule has 14 heavy (non-hydrogen) atoms. The lowest BCUT2D eigenvalue weighted by Crippen LogP contribution is -2.00. The molecule has 0 N–H and O–H groups in total. The zero-order chi connectivity index (χ0) is 10.6. The molecule has 5 heteroatoms. The van der Waals surface area contributed by atoms with Gasteiger partial charge in [-0.25, -0.2) is 0 Å². The Morgan fingerprint density at radius 2 is 1.50 bits per heavy atom. The van der Waals surface area contributed by atoms with Crippen LogP contribution in [-0.2, 0) is 4.57 Å². The van der Waals surface area contributed by atoms with Gasteiger partial charge in [-0.15, -0.1) is 0 Å². The Kier molecular flexibility index (Phi) is 3.72. The van der Waals surface area contributed by atoms with Crippen LogP contribution in [0, 0.1) is 0 Å². The fourth-order valence-electron chi connectivity index (χ4n) is 1.12. The number of rotatable bonds is 4. The molecule has 4 nitrogen and oxygen atoms in total. The van der Waals surface area contributed by atoms with E-state index in [0.29, 0.717) is 22.6 Å². The summed E-state index contributed by atoms with van der Waals surface area (Å²) in [6.45, 7) is 0. The van der Waals surface area contributed by atoms with E-state index in [9.17, 15) is 4.57 Å². The maximum Gasteiger partial charge on any atom is 0.203 e. The highest BCUT2D eigenvalue weighted by atomic mass is 31.1. The summed E-state index contributed by atoms with van der Waals surface area (Å²) in [5, 5.41) is 0.583. The fourth-order valence-corrected chi connectivity index (χ4v) is 1.46. The maximum atomic E-state index is 10.7. The van der Waals surface area contributed by atoms with Crippen LogP contribution in [0.3, 0.4) is 0 Å². The number of benzene rings is 1. The zero-order valence-electron chi connectivity index (χ0n) is 8.23. The zero-order valence-corrected chi connectivity index (χ0v) is 9.13. The second-order valence-electron chi connectivity index (χ2n) is 2.47. The third kappa shape index (κ3) is 1.96. The van der Waals surface area contributed by atoms with Crippen molar-refractivity contribution in [3.8, 4) is 17.2 Å². The van der Waals surface area contributed by atoms with Crippen molar-refractivity contribution in [2.45, 2.75) is 0 Å². The summed E-state index contributed by atoms with van der Waals surface area (Å²) in [6.07, 6.45) is 0. The smallest absolute Gasteiger partial charge is 0.203 e. The molecule has 1 aromatic rings. The van der Waals surface area contributed by atoms with Gasteiger partial charge in [0, 0.05) is 0 Å². The van der Waals surface area contributed by atoms with E-state index in [1.54, 1.807) is 12.1 Å². The van der Waals surface area contributed by atoms with Gasteiger partial charge < -0.3 is 14.2 Å². The molecule has 0 spiro atoms. The van der Waals surface area contributed by atoms with E-state index < -0.39 is 0 Å².